The number of benzene rings is 1. The first kappa shape index (κ1) is 13.2. The Balaban J connectivity index is 2.36. The molecule has 0 aliphatic carbocycles. The highest BCUT2D eigenvalue weighted by Crippen LogP contribution is 2.26. The SMILES string of the molecule is CN(Cc1ccc(Br)o1)c1c(C#N)cccc1C#N. The van der Waals surface area contributed by atoms with E-state index < -0.39 is 0 Å². The lowest BCUT2D eigenvalue weighted by atomic mass is 10.1. The second-order valence-corrected chi connectivity index (χ2v) is 4.77. The fraction of sp³-hybridized carbons (Fsp3) is 0.143. The molecule has 0 radical (unpaired) electrons. The molecular weight excluding hydrogens is 306 g/mol. The fourth-order valence-corrected chi connectivity index (χ4v) is 2.22. The summed E-state index contributed by atoms with van der Waals surface area (Å²) < 4.78 is 6.09. The Kier molecular flexibility index (Phi) is 3.89. The number of furan rings is 1. The zero-order valence-corrected chi connectivity index (χ0v) is 11.8. The lowest BCUT2D eigenvalue weighted by Gasteiger charge is -2.20. The summed E-state index contributed by atoms with van der Waals surface area (Å²) in [4.78, 5) is 1.84. The van der Waals surface area contributed by atoms with Gasteiger partial charge in [-0.2, -0.15) is 10.5 Å². The molecule has 19 heavy (non-hydrogen) atoms. The van der Waals surface area contributed by atoms with Gasteiger partial charge in [-0.15, -0.1) is 0 Å². The topological polar surface area (TPSA) is 64.0 Å². The largest absolute Gasteiger partial charge is 0.452 e. The molecular formula is C14H10BrN3O. The van der Waals surface area contributed by atoms with Crippen LogP contribution in [0.1, 0.15) is 16.9 Å². The van der Waals surface area contributed by atoms with Crippen LogP contribution in [0.15, 0.2) is 39.4 Å². The van der Waals surface area contributed by atoms with Gasteiger partial charge in [0.1, 0.15) is 17.9 Å². The molecule has 0 bridgehead atoms. The first-order chi connectivity index (χ1) is 9.15. The third-order valence-corrected chi connectivity index (χ3v) is 3.11. The van der Waals surface area contributed by atoms with Gasteiger partial charge in [-0.3, -0.25) is 0 Å². The standard InChI is InChI=1S/C14H10BrN3O/c1-18(9-12-5-6-13(15)19-12)14-10(7-16)3-2-4-11(14)8-17/h2-6H,9H2,1H3. The summed E-state index contributed by atoms with van der Waals surface area (Å²) in [5.41, 5.74) is 1.58. The minimum atomic E-state index is 0.479. The van der Waals surface area contributed by atoms with E-state index in [1.54, 1.807) is 18.2 Å². The molecule has 0 atom stereocenters. The van der Waals surface area contributed by atoms with Crippen molar-refractivity contribution in [3.8, 4) is 12.1 Å². The van der Waals surface area contributed by atoms with Gasteiger partial charge in [0.25, 0.3) is 0 Å². The van der Waals surface area contributed by atoms with Crippen molar-refractivity contribution in [1.82, 2.24) is 0 Å². The van der Waals surface area contributed by atoms with Gasteiger partial charge >= 0.3 is 0 Å². The van der Waals surface area contributed by atoms with Gasteiger partial charge in [0.15, 0.2) is 4.67 Å². The Morgan fingerprint density at radius 1 is 1.16 bits per heavy atom. The normalized spacial score (nSPS) is 9.68. The summed E-state index contributed by atoms with van der Waals surface area (Å²) >= 11 is 3.24. The summed E-state index contributed by atoms with van der Waals surface area (Å²) in [6.07, 6.45) is 0. The highest BCUT2D eigenvalue weighted by Gasteiger charge is 2.14. The Morgan fingerprint density at radius 2 is 1.79 bits per heavy atom. The van der Waals surface area contributed by atoms with E-state index in [2.05, 4.69) is 28.1 Å². The van der Waals surface area contributed by atoms with Crippen LogP contribution in [0, 0.1) is 22.7 Å². The van der Waals surface area contributed by atoms with E-state index in [0.717, 1.165) is 5.76 Å². The molecule has 0 fully saturated rings. The number of halogens is 1. The Morgan fingerprint density at radius 3 is 2.26 bits per heavy atom. The number of hydrogen-bond acceptors (Lipinski definition) is 4. The van der Waals surface area contributed by atoms with Crippen LogP contribution in [-0.4, -0.2) is 7.05 Å². The van der Waals surface area contributed by atoms with E-state index in [1.807, 2.05) is 24.1 Å². The Hall–Kier alpha value is -2.24. The highest BCUT2D eigenvalue weighted by atomic mass is 79.9. The zero-order valence-electron chi connectivity index (χ0n) is 10.2. The van der Waals surface area contributed by atoms with Crippen LogP contribution in [0.5, 0.6) is 0 Å². The first-order valence-corrected chi connectivity index (χ1v) is 6.33. The molecule has 2 aromatic rings. The van der Waals surface area contributed by atoms with E-state index in [-0.39, 0.29) is 0 Å². The molecule has 0 saturated heterocycles. The molecule has 1 aromatic carbocycles. The van der Waals surface area contributed by atoms with Gasteiger partial charge in [-0.1, -0.05) is 6.07 Å². The molecule has 4 nitrogen and oxygen atoms in total. The molecule has 2 rings (SSSR count). The number of rotatable bonds is 3. The van der Waals surface area contributed by atoms with E-state index in [0.29, 0.717) is 28.0 Å². The predicted octanol–water partition coefficient (Wildman–Crippen LogP) is 3.42. The van der Waals surface area contributed by atoms with Gasteiger partial charge < -0.3 is 9.32 Å². The van der Waals surface area contributed by atoms with Crippen molar-refractivity contribution in [2.45, 2.75) is 6.54 Å². The van der Waals surface area contributed by atoms with Crippen molar-refractivity contribution in [2.75, 3.05) is 11.9 Å². The van der Waals surface area contributed by atoms with Gasteiger partial charge in [-0.25, -0.2) is 0 Å². The van der Waals surface area contributed by atoms with Crippen LogP contribution in [0.4, 0.5) is 5.69 Å². The average Bonchev–Trinajstić information content (AvgIpc) is 2.82. The van der Waals surface area contributed by atoms with Gasteiger partial charge in [-0.05, 0) is 40.2 Å². The summed E-state index contributed by atoms with van der Waals surface area (Å²) in [6.45, 7) is 0.485. The van der Waals surface area contributed by atoms with E-state index >= 15 is 0 Å². The van der Waals surface area contributed by atoms with Crippen LogP contribution in [0.2, 0.25) is 0 Å². The molecule has 0 amide bonds. The lowest BCUT2D eigenvalue weighted by molar-refractivity contribution is 0.486. The van der Waals surface area contributed by atoms with Crippen molar-refractivity contribution < 1.29 is 4.42 Å². The molecule has 0 aliphatic rings. The fourth-order valence-electron chi connectivity index (χ4n) is 1.88. The summed E-state index contributed by atoms with van der Waals surface area (Å²) in [6, 6.07) is 13.0. The second kappa shape index (κ2) is 5.60. The molecule has 1 heterocycles. The van der Waals surface area contributed by atoms with E-state index in [1.165, 1.54) is 0 Å². The van der Waals surface area contributed by atoms with Crippen LogP contribution in [0.25, 0.3) is 0 Å². The van der Waals surface area contributed by atoms with Gasteiger partial charge in [0, 0.05) is 7.05 Å². The maximum Gasteiger partial charge on any atom is 0.169 e. The zero-order chi connectivity index (χ0) is 13.8. The molecule has 0 N–H and O–H groups in total. The first-order valence-electron chi connectivity index (χ1n) is 5.54. The maximum absolute atomic E-state index is 9.14. The third kappa shape index (κ3) is 2.78. The number of hydrogen-bond donors (Lipinski definition) is 0. The molecule has 0 aliphatic heterocycles. The Labute approximate surface area is 119 Å². The molecule has 5 heteroatoms. The minimum absolute atomic E-state index is 0.479. The van der Waals surface area contributed by atoms with Crippen LogP contribution >= 0.6 is 15.9 Å². The van der Waals surface area contributed by atoms with Crippen molar-refractivity contribution in [1.29, 1.82) is 10.5 Å². The van der Waals surface area contributed by atoms with Crippen molar-refractivity contribution in [3.05, 3.63) is 51.9 Å². The van der Waals surface area contributed by atoms with Crippen LogP contribution in [-0.2, 0) is 6.54 Å². The molecule has 0 spiro atoms. The minimum Gasteiger partial charge on any atom is -0.452 e. The maximum atomic E-state index is 9.14. The highest BCUT2D eigenvalue weighted by molar-refractivity contribution is 9.10. The Bertz CT molecular complexity index is 646. The number of nitriles is 2. The monoisotopic (exact) mass is 315 g/mol. The van der Waals surface area contributed by atoms with Crippen molar-refractivity contribution in [3.63, 3.8) is 0 Å². The number of nitrogens with zero attached hydrogens (tertiary/aromatic N) is 3. The van der Waals surface area contributed by atoms with Crippen molar-refractivity contribution in [2.24, 2.45) is 0 Å². The lowest BCUT2D eigenvalue weighted by Crippen LogP contribution is -2.18. The molecule has 0 unspecified atom stereocenters. The molecule has 0 saturated carbocycles. The second-order valence-electron chi connectivity index (χ2n) is 3.99. The summed E-state index contributed by atoms with van der Waals surface area (Å²) in [5, 5.41) is 18.3. The number of anilines is 1. The van der Waals surface area contributed by atoms with E-state index in [4.69, 9.17) is 14.9 Å². The van der Waals surface area contributed by atoms with E-state index in [9.17, 15) is 0 Å². The quantitative estimate of drug-likeness (QED) is 0.870. The molecule has 94 valence electrons. The van der Waals surface area contributed by atoms with Crippen molar-refractivity contribution >= 4 is 21.6 Å². The van der Waals surface area contributed by atoms with Crippen LogP contribution in [0.3, 0.4) is 0 Å². The average molecular weight is 316 g/mol. The van der Waals surface area contributed by atoms with Gasteiger partial charge in [0.05, 0.1) is 23.4 Å². The van der Waals surface area contributed by atoms with Crippen LogP contribution < -0.4 is 4.90 Å². The molecule has 1 aromatic heterocycles. The summed E-state index contributed by atoms with van der Waals surface area (Å²) in [7, 11) is 1.83. The smallest absolute Gasteiger partial charge is 0.169 e. The van der Waals surface area contributed by atoms with Gasteiger partial charge in [0.2, 0.25) is 0 Å². The number of para-hydroxylation sites is 1. The predicted molar refractivity (Wildman–Crippen MR) is 74.4 cm³/mol. The third-order valence-electron chi connectivity index (χ3n) is 2.68. The summed E-state index contributed by atoms with van der Waals surface area (Å²) in [5.74, 6) is 0.756.